The van der Waals surface area contributed by atoms with Crippen molar-refractivity contribution in [3.63, 3.8) is 0 Å². The maximum absolute atomic E-state index is 14.2. The van der Waals surface area contributed by atoms with E-state index in [1.807, 2.05) is 4.90 Å². The van der Waals surface area contributed by atoms with Crippen LogP contribution in [0, 0.1) is 17.8 Å². The molecule has 0 bridgehead atoms. The van der Waals surface area contributed by atoms with E-state index in [2.05, 4.69) is 48.2 Å². The molecular weight excluding hydrogens is 422 g/mol. The van der Waals surface area contributed by atoms with Crippen LogP contribution in [0.2, 0.25) is 0 Å². The van der Waals surface area contributed by atoms with Crippen LogP contribution in [0.15, 0.2) is 24.3 Å². The van der Waals surface area contributed by atoms with Gasteiger partial charge in [0, 0.05) is 13.1 Å². The van der Waals surface area contributed by atoms with E-state index in [0.29, 0.717) is 18.4 Å². The molecule has 1 aliphatic carbocycles. The average molecular weight is 462 g/mol. The van der Waals surface area contributed by atoms with Gasteiger partial charge in [0.15, 0.2) is 0 Å². The zero-order valence-electron chi connectivity index (χ0n) is 19.8. The van der Waals surface area contributed by atoms with Crippen molar-refractivity contribution in [3.8, 4) is 0 Å². The SMILES string of the molecule is CC(C)[C@H]1CC[C@@H](C2c3ccccc3C3(CCNCC3)C(=O)N2CCNS(C)(=O)=O)CC1. The van der Waals surface area contributed by atoms with Gasteiger partial charge in [0.2, 0.25) is 15.9 Å². The van der Waals surface area contributed by atoms with E-state index >= 15 is 0 Å². The van der Waals surface area contributed by atoms with Crippen LogP contribution in [-0.2, 0) is 20.2 Å². The topological polar surface area (TPSA) is 78.5 Å². The summed E-state index contributed by atoms with van der Waals surface area (Å²) in [5, 5.41) is 3.41. The minimum Gasteiger partial charge on any atom is -0.333 e. The molecule has 1 unspecified atom stereocenters. The Kier molecular flexibility index (Phi) is 6.99. The van der Waals surface area contributed by atoms with E-state index in [1.54, 1.807) is 0 Å². The van der Waals surface area contributed by atoms with Gasteiger partial charge in [-0.3, -0.25) is 4.79 Å². The third-order valence-electron chi connectivity index (χ3n) is 8.18. The van der Waals surface area contributed by atoms with Gasteiger partial charge in [-0.25, -0.2) is 13.1 Å². The number of hydrogen-bond donors (Lipinski definition) is 2. The Morgan fingerprint density at radius 1 is 1.12 bits per heavy atom. The van der Waals surface area contributed by atoms with E-state index < -0.39 is 15.4 Å². The number of carbonyl (C=O) groups is 1. The van der Waals surface area contributed by atoms with Gasteiger partial charge in [-0.05, 0) is 80.5 Å². The lowest BCUT2D eigenvalue weighted by Gasteiger charge is -2.52. The fraction of sp³-hybridized carbons (Fsp3) is 0.720. The smallest absolute Gasteiger partial charge is 0.233 e. The highest BCUT2D eigenvalue weighted by molar-refractivity contribution is 7.88. The zero-order chi connectivity index (χ0) is 22.9. The quantitative estimate of drug-likeness (QED) is 0.682. The highest BCUT2D eigenvalue weighted by Gasteiger charge is 2.52. The molecule has 0 aromatic heterocycles. The van der Waals surface area contributed by atoms with Crippen molar-refractivity contribution >= 4 is 15.9 Å². The first-order valence-electron chi connectivity index (χ1n) is 12.3. The van der Waals surface area contributed by atoms with Crippen molar-refractivity contribution in [2.75, 3.05) is 32.4 Å². The zero-order valence-corrected chi connectivity index (χ0v) is 20.6. The molecule has 1 aromatic rings. The summed E-state index contributed by atoms with van der Waals surface area (Å²) in [6, 6.07) is 8.61. The number of fused-ring (bicyclic) bond motifs is 2. The van der Waals surface area contributed by atoms with Crippen molar-refractivity contribution < 1.29 is 13.2 Å². The Hall–Kier alpha value is -1.44. The van der Waals surface area contributed by atoms with Crippen LogP contribution in [0.1, 0.15) is 69.5 Å². The lowest BCUT2D eigenvalue weighted by atomic mass is 9.64. The predicted molar refractivity (Wildman–Crippen MR) is 128 cm³/mol. The van der Waals surface area contributed by atoms with Crippen molar-refractivity contribution in [1.29, 1.82) is 0 Å². The largest absolute Gasteiger partial charge is 0.333 e. The molecule has 2 aliphatic heterocycles. The lowest BCUT2D eigenvalue weighted by molar-refractivity contribution is -0.145. The number of amides is 1. The molecule has 1 spiro atoms. The Bertz CT molecular complexity index is 916. The molecule has 2 fully saturated rings. The van der Waals surface area contributed by atoms with Gasteiger partial charge in [0.05, 0.1) is 17.7 Å². The third kappa shape index (κ3) is 4.62. The van der Waals surface area contributed by atoms with Gasteiger partial charge in [-0.15, -0.1) is 0 Å². The van der Waals surface area contributed by atoms with Crippen LogP contribution in [0.5, 0.6) is 0 Å². The maximum atomic E-state index is 14.2. The van der Waals surface area contributed by atoms with E-state index in [0.717, 1.165) is 44.7 Å². The number of piperidine rings is 1. The molecule has 1 aromatic carbocycles. The van der Waals surface area contributed by atoms with Crippen LogP contribution >= 0.6 is 0 Å². The summed E-state index contributed by atoms with van der Waals surface area (Å²) in [5.74, 6) is 2.08. The lowest BCUT2D eigenvalue weighted by Crippen LogP contribution is -2.59. The fourth-order valence-electron chi connectivity index (χ4n) is 6.44. The van der Waals surface area contributed by atoms with Crippen LogP contribution in [0.4, 0.5) is 0 Å². The van der Waals surface area contributed by atoms with E-state index in [9.17, 15) is 13.2 Å². The van der Waals surface area contributed by atoms with E-state index in [1.165, 1.54) is 30.2 Å². The molecule has 1 atom stereocenters. The minimum absolute atomic E-state index is 0.0358. The molecule has 1 saturated heterocycles. The monoisotopic (exact) mass is 461 g/mol. The molecular formula is C25H39N3O3S. The second-order valence-corrected chi connectivity index (χ2v) is 12.3. The Morgan fingerprint density at radius 2 is 1.78 bits per heavy atom. The number of nitrogens with zero attached hydrogens (tertiary/aromatic N) is 1. The first kappa shape index (κ1) is 23.7. The average Bonchev–Trinajstić information content (AvgIpc) is 2.77. The van der Waals surface area contributed by atoms with Crippen LogP contribution in [0.25, 0.3) is 0 Å². The molecule has 2 N–H and O–H groups in total. The maximum Gasteiger partial charge on any atom is 0.233 e. The number of carbonyl (C=O) groups excluding carboxylic acids is 1. The number of benzene rings is 1. The van der Waals surface area contributed by atoms with Gasteiger partial charge in [0.25, 0.3) is 0 Å². The van der Waals surface area contributed by atoms with Gasteiger partial charge in [-0.1, -0.05) is 38.1 Å². The number of sulfonamides is 1. The van der Waals surface area contributed by atoms with Crippen LogP contribution in [-0.4, -0.2) is 51.7 Å². The molecule has 6 nitrogen and oxygen atoms in total. The van der Waals surface area contributed by atoms with Crippen molar-refractivity contribution in [1.82, 2.24) is 14.9 Å². The Morgan fingerprint density at radius 3 is 2.41 bits per heavy atom. The first-order chi connectivity index (χ1) is 15.2. The third-order valence-corrected chi connectivity index (χ3v) is 8.91. The van der Waals surface area contributed by atoms with E-state index in [-0.39, 0.29) is 18.5 Å². The van der Waals surface area contributed by atoms with Gasteiger partial charge in [-0.2, -0.15) is 0 Å². The standard InChI is InChI=1S/C25H39N3O3S/c1-18(2)19-8-10-20(11-9-19)23-21-6-4-5-7-22(21)25(12-14-26-15-13-25)24(29)28(23)17-16-27-32(3,30)31/h4-7,18-20,23,26-27H,8-17H2,1-3H3/t19-,20+,23?. The predicted octanol–water partition coefficient (Wildman–Crippen LogP) is 3.20. The molecule has 32 heavy (non-hydrogen) atoms. The summed E-state index contributed by atoms with van der Waals surface area (Å²) in [4.78, 5) is 16.2. The number of nitrogens with one attached hydrogen (secondary N) is 2. The van der Waals surface area contributed by atoms with Crippen molar-refractivity contribution in [3.05, 3.63) is 35.4 Å². The summed E-state index contributed by atoms with van der Waals surface area (Å²) in [6.07, 6.45) is 7.44. The Labute approximate surface area is 193 Å². The highest BCUT2D eigenvalue weighted by atomic mass is 32.2. The molecule has 1 saturated carbocycles. The van der Waals surface area contributed by atoms with Gasteiger partial charge in [0.1, 0.15) is 0 Å². The summed E-state index contributed by atoms with van der Waals surface area (Å²) in [5.41, 5.74) is 2.02. The molecule has 2 heterocycles. The molecule has 3 aliphatic rings. The second kappa shape index (κ2) is 9.43. The highest BCUT2D eigenvalue weighted by Crippen LogP contribution is 2.51. The Balaban J connectivity index is 1.70. The summed E-state index contributed by atoms with van der Waals surface area (Å²) in [6.45, 7) is 6.98. The van der Waals surface area contributed by atoms with Crippen molar-refractivity contribution in [2.24, 2.45) is 17.8 Å². The normalized spacial score (nSPS) is 28.2. The van der Waals surface area contributed by atoms with Crippen LogP contribution in [0.3, 0.4) is 0 Å². The summed E-state index contributed by atoms with van der Waals surface area (Å²) in [7, 11) is -3.29. The number of hydrogen-bond acceptors (Lipinski definition) is 4. The van der Waals surface area contributed by atoms with Gasteiger partial charge < -0.3 is 10.2 Å². The molecule has 7 heteroatoms. The first-order valence-corrected chi connectivity index (χ1v) is 14.2. The fourth-order valence-corrected chi connectivity index (χ4v) is 6.90. The molecule has 1 amide bonds. The molecule has 178 valence electrons. The number of rotatable bonds is 6. The summed E-state index contributed by atoms with van der Waals surface area (Å²) >= 11 is 0. The molecule has 0 radical (unpaired) electrons. The van der Waals surface area contributed by atoms with Gasteiger partial charge >= 0.3 is 0 Å². The molecule has 4 rings (SSSR count). The van der Waals surface area contributed by atoms with E-state index in [4.69, 9.17) is 0 Å². The minimum atomic E-state index is -3.29. The van der Waals surface area contributed by atoms with Crippen molar-refractivity contribution in [2.45, 2.75) is 63.8 Å². The summed E-state index contributed by atoms with van der Waals surface area (Å²) < 4.78 is 26.0. The second-order valence-electron chi connectivity index (χ2n) is 10.4. The van der Waals surface area contributed by atoms with Crippen LogP contribution < -0.4 is 10.0 Å².